The van der Waals surface area contributed by atoms with Gasteiger partial charge in [0.1, 0.15) is 5.92 Å². The van der Waals surface area contributed by atoms with E-state index in [9.17, 15) is 4.79 Å². The second-order valence-corrected chi connectivity index (χ2v) is 2.09. The summed E-state index contributed by atoms with van der Waals surface area (Å²) in [4.78, 5) is 10.7. The number of ether oxygens (including phenoxy) is 1. The van der Waals surface area contributed by atoms with Gasteiger partial charge in [0.05, 0.1) is 7.11 Å². The van der Waals surface area contributed by atoms with E-state index in [2.05, 4.69) is 17.0 Å². The zero-order valence-corrected chi connectivity index (χ0v) is 6.70. The van der Waals surface area contributed by atoms with E-state index in [0.29, 0.717) is 0 Å². The Morgan fingerprint density at radius 1 is 1.80 bits per heavy atom. The highest BCUT2D eigenvalue weighted by Crippen LogP contribution is 1.97. The highest BCUT2D eigenvalue weighted by atomic mass is 32.1. The molecule has 0 aliphatic heterocycles. The van der Waals surface area contributed by atoms with Crippen molar-refractivity contribution in [3.63, 3.8) is 0 Å². The summed E-state index contributed by atoms with van der Waals surface area (Å²) >= 11 is 4.53. The number of nitrogens with one attached hydrogen (secondary N) is 1. The van der Waals surface area contributed by atoms with Gasteiger partial charge in [-0.15, -0.1) is 0 Å². The Hall–Kier alpha value is -0.770. The van der Waals surface area contributed by atoms with Crippen LogP contribution in [0.2, 0.25) is 0 Å². The zero-order valence-electron chi connectivity index (χ0n) is 5.88. The van der Waals surface area contributed by atoms with Crippen molar-refractivity contribution in [2.75, 3.05) is 7.11 Å². The van der Waals surface area contributed by atoms with Crippen LogP contribution in [0, 0.1) is 11.3 Å². The van der Waals surface area contributed by atoms with Gasteiger partial charge in [-0.25, -0.2) is 0 Å². The first-order chi connectivity index (χ1) is 4.63. The Kier molecular flexibility index (Phi) is 3.79. The molecule has 3 nitrogen and oxygen atoms in total. The van der Waals surface area contributed by atoms with Crippen LogP contribution >= 0.6 is 12.2 Å². The van der Waals surface area contributed by atoms with Crippen molar-refractivity contribution >= 4 is 29.3 Å². The molecule has 0 aromatic carbocycles. The lowest BCUT2D eigenvalue weighted by Crippen LogP contribution is -2.23. The lowest BCUT2D eigenvalue weighted by Gasteiger charge is -2.05. The van der Waals surface area contributed by atoms with Gasteiger partial charge in [-0.3, -0.25) is 4.79 Å². The molecule has 0 aromatic heterocycles. The van der Waals surface area contributed by atoms with Crippen molar-refractivity contribution in [1.29, 1.82) is 5.41 Å². The molecule has 0 aromatic rings. The van der Waals surface area contributed by atoms with E-state index < -0.39 is 11.9 Å². The fourth-order valence-electron chi connectivity index (χ4n) is 0.461. The molecule has 0 amide bonds. The van der Waals surface area contributed by atoms with E-state index in [4.69, 9.17) is 5.41 Å². The molecular formula is C6H9NO2S. The molecule has 0 saturated carbocycles. The molecule has 0 aliphatic rings. The molecular weight excluding hydrogens is 150 g/mol. The molecule has 0 aliphatic carbocycles. The van der Waals surface area contributed by atoms with Gasteiger partial charge in [-0.2, -0.15) is 0 Å². The second-order valence-electron chi connectivity index (χ2n) is 1.82. The summed E-state index contributed by atoms with van der Waals surface area (Å²) in [6.07, 6.45) is 0. The number of thiocarbonyl (C=S) groups is 1. The molecule has 0 saturated heterocycles. The van der Waals surface area contributed by atoms with Crippen LogP contribution in [-0.4, -0.2) is 24.2 Å². The number of esters is 1. The summed E-state index contributed by atoms with van der Waals surface area (Å²) in [6, 6.07) is 0. The van der Waals surface area contributed by atoms with Crippen LogP contribution in [0.5, 0.6) is 0 Å². The van der Waals surface area contributed by atoms with E-state index in [1.807, 2.05) is 0 Å². The van der Waals surface area contributed by atoms with Crippen LogP contribution < -0.4 is 0 Å². The Morgan fingerprint density at radius 3 is 2.40 bits per heavy atom. The molecule has 1 N–H and O–H groups in total. The molecule has 0 heterocycles. The molecule has 1 atom stereocenters. The highest BCUT2D eigenvalue weighted by molar-refractivity contribution is 7.79. The maximum Gasteiger partial charge on any atom is 0.319 e. The smallest absolute Gasteiger partial charge is 0.319 e. The molecule has 0 rings (SSSR count). The van der Waals surface area contributed by atoms with E-state index in [1.165, 1.54) is 19.4 Å². The van der Waals surface area contributed by atoms with Gasteiger partial charge in [0.15, 0.2) is 0 Å². The van der Waals surface area contributed by atoms with E-state index in [1.54, 1.807) is 0 Å². The maximum absolute atomic E-state index is 10.7. The molecule has 0 bridgehead atoms. The number of carbonyl (C=O) groups is 1. The molecule has 0 radical (unpaired) electrons. The minimum atomic E-state index is -0.653. The molecule has 4 heteroatoms. The first kappa shape index (κ1) is 9.23. The van der Waals surface area contributed by atoms with Gasteiger partial charge in [0.25, 0.3) is 0 Å². The van der Waals surface area contributed by atoms with E-state index in [0.717, 1.165) is 0 Å². The van der Waals surface area contributed by atoms with Crippen LogP contribution in [0.15, 0.2) is 0 Å². The quantitative estimate of drug-likeness (QED) is 0.376. The number of methoxy groups -OCH3 is 1. The van der Waals surface area contributed by atoms with Crippen molar-refractivity contribution in [2.45, 2.75) is 6.92 Å². The SMILES string of the molecule is COC(=O)C(C=S)C(C)=N. The van der Waals surface area contributed by atoms with Crippen molar-refractivity contribution < 1.29 is 9.53 Å². The topological polar surface area (TPSA) is 50.2 Å². The number of hydrogen-bond acceptors (Lipinski definition) is 4. The number of rotatable bonds is 3. The first-order valence-corrected chi connectivity index (χ1v) is 3.18. The summed E-state index contributed by atoms with van der Waals surface area (Å²) < 4.78 is 4.39. The Bertz CT molecular complexity index is 167. The number of hydrogen-bond donors (Lipinski definition) is 1. The summed E-state index contributed by atoms with van der Waals surface area (Å²) in [5.74, 6) is -1.12. The normalized spacial score (nSPS) is 11.8. The largest absolute Gasteiger partial charge is 0.468 e. The van der Waals surface area contributed by atoms with Crippen molar-refractivity contribution in [2.24, 2.45) is 5.92 Å². The predicted molar refractivity (Wildman–Crippen MR) is 42.6 cm³/mol. The molecule has 0 fully saturated rings. The Labute approximate surface area is 64.9 Å². The molecule has 10 heavy (non-hydrogen) atoms. The third-order valence-corrected chi connectivity index (χ3v) is 1.33. The first-order valence-electron chi connectivity index (χ1n) is 2.71. The maximum atomic E-state index is 10.7. The van der Waals surface area contributed by atoms with E-state index in [-0.39, 0.29) is 5.71 Å². The van der Waals surface area contributed by atoms with Crippen LogP contribution in [0.4, 0.5) is 0 Å². The zero-order chi connectivity index (χ0) is 8.15. The minimum Gasteiger partial charge on any atom is -0.468 e. The molecule has 1 unspecified atom stereocenters. The van der Waals surface area contributed by atoms with Crippen LogP contribution in [0.3, 0.4) is 0 Å². The van der Waals surface area contributed by atoms with Gasteiger partial charge in [-0.1, -0.05) is 12.2 Å². The third-order valence-electron chi connectivity index (χ3n) is 1.06. The number of carbonyl (C=O) groups excluding carboxylic acids is 1. The molecule has 56 valence electrons. The van der Waals surface area contributed by atoms with Gasteiger partial charge < -0.3 is 10.1 Å². The van der Waals surface area contributed by atoms with Crippen LogP contribution in [0.25, 0.3) is 0 Å². The summed E-state index contributed by atoms with van der Waals surface area (Å²) in [6.45, 7) is 1.52. The standard InChI is InChI=1S/C6H9NO2S/c1-4(7)5(3-10)6(8)9-2/h3,5,7H,1-2H3. The van der Waals surface area contributed by atoms with Gasteiger partial charge in [0.2, 0.25) is 0 Å². The summed E-state index contributed by atoms with van der Waals surface area (Å²) in [5, 5.41) is 8.32. The monoisotopic (exact) mass is 159 g/mol. The van der Waals surface area contributed by atoms with Crippen LogP contribution in [-0.2, 0) is 9.53 Å². The van der Waals surface area contributed by atoms with Crippen molar-refractivity contribution in [3.05, 3.63) is 0 Å². The van der Waals surface area contributed by atoms with Gasteiger partial charge in [-0.05, 0) is 12.3 Å². The predicted octanol–water partition coefficient (Wildman–Crippen LogP) is 0.815. The lowest BCUT2D eigenvalue weighted by atomic mass is 10.1. The minimum absolute atomic E-state index is 0.210. The van der Waals surface area contributed by atoms with E-state index >= 15 is 0 Å². The van der Waals surface area contributed by atoms with Gasteiger partial charge >= 0.3 is 5.97 Å². The van der Waals surface area contributed by atoms with Crippen LogP contribution in [0.1, 0.15) is 6.92 Å². The third kappa shape index (κ3) is 2.23. The molecule has 0 spiro atoms. The van der Waals surface area contributed by atoms with Gasteiger partial charge in [0, 0.05) is 5.71 Å². The Morgan fingerprint density at radius 2 is 2.30 bits per heavy atom. The average Bonchev–Trinajstić information content (AvgIpc) is 1.88. The Balaban J connectivity index is 4.20. The summed E-state index contributed by atoms with van der Waals surface area (Å²) in [7, 11) is 1.27. The fourth-order valence-corrected chi connectivity index (χ4v) is 0.777. The van der Waals surface area contributed by atoms with Crippen molar-refractivity contribution in [3.8, 4) is 0 Å². The summed E-state index contributed by atoms with van der Waals surface area (Å²) in [5.41, 5.74) is 0.210. The van der Waals surface area contributed by atoms with Crippen molar-refractivity contribution in [1.82, 2.24) is 0 Å². The average molecular weight is 159 g/mol. The second kappa shape index (κ2) is 4.11. The highest BCUT2D eigenvalue weighted by Gasteiger charge is 2.17. The lowest BCUT2D eigenvalue weighted by molar-refractivity contribution is -0.140. The fraction of sp³-hybridized carbons (Fsp3) is 0.500.